The molecule has 7 nitrogen and oxygen atoms in total. The molecule has 28 heavy (non-hydrogen) atoms. The number of pyridine rings is 1. The Morgan fingerprint density at radius 1 is 1.25 bits per heavy atom. The highest BCUT2D eigenvalue weighted by molar-refractivity contribution is 7.89. The van der Waals surface area contributed by atoms with E-state index < -0.39 is 10.0 Å². The molecule has 1 aliphatic rings. The van der Waals surface area contributed by atoms with Gasteiger partial charge in [0.1, 0.15) is 0 Å². The van der Waals surface area contributed by atoms with Crippen LogP contribution >= 0.6 is 0 Å². The molecule has 1 aliphatic heterocycles. The standard InChI is InChI=1S/C20H30N4O3S/c1-5-22(6-2)20(25)18-14-21-24-12-9-17(13-19(18)24)16-7-10-23(11-8-16)28(26,27)15(3)4/h9,12-16H,5-8,10-11H2,1-4H3. The van der Waals surface area contributed by atoms with Crippen LogP contribution in [0.15, 0.2) is 24.5 Å². The molecule has 2 aromatic heterocycles. The van der Waals surface area contributed by atoms with Crippen LogP contribution in [-0.4, -0.2) is 64.6 Å². The van der Waals surface area contributed by atoms with Crippen LogP contribution in [0.3, 0.4) is 0 Å². The van der Waals surface area contributed by atoms with E-state index in [0.717, 1.165) is 23.9 Å². The number of nitrogens with zero attached hydrogens (tertiary/aromatic N) is 4. The minimum Gasteiger partial charge on any atom is -0.339 e. The third-order valence-corrected chi connectivity index (χ3v) is 7.98. The van der Waals surface area contributed by atoms with Crippen LogP contribution in [0.4, 0.5) is 0 Å². The zero-order valence-electron chi connectivity index (χ0n) is 17.1. The highest BCUT2D eigenvalue weighted by atomic mass is 32.2. The van der Waals surface area contributed by atoms with Crippen LogP contribution in [0.25, 0.3) is 5.52 Å². The van der Waals surface area contributed by atoms with Crippen LogP contribution < -0.4 is 0 Å². The van der Waals surface area contributed by atoms with E-state index in [1.165, 1.54) is 0 Å². The maximum absolute atomic E-state index is 12.8. The van der Waals surface area contributed by atoms with Gasteiger partial charge in [-0.25, -0.2) is 17.2 Å². The second kappa shape index (κ2) is 8.21. The Labute approximate surface area is 167 Å². The molecular formula is C20H30N4O3S. The molecule has 1 saturated heterocycles. The Morgan fingerprint density at radius 3 is 2.46 bits per heavy atom. The summed E-state index contributed by atoms with van der Waals surface area (Å²) in [6, 6.07) is 4.07. The van der Waals surface area contributed by atoms with Crippen molar-refractivity contribution in [3.63, 3.8) is 0 Å². The monoisotopic (exact) mass is 406 g/mol. The SMILES string of the molecule is CCN(CC)C(=O)c1cnn2ccc(C3CCN(S(=O)(=O)C(C)C)CC3)cc12. The molecular weight excluding hydrogens is 376 g/mol. The fraction of sp³-hybridized carbons (Fsp3) is 0.600. The first-order valence-corrected chi connectivity index (χ1v) is 11.5. The van der Waals surface area contributed by atoms with Crippen molar-refractivity contribution in [1.82, 2.24) is 18.8 Å². The Bertz CT molecular complexity index is 940. The largest absolute Gasteiger partial charge is 0.339 e. The highest BCUT2D eigenvalue weighted by Gasteiger charge is 2.31. The molecule has 0 saturated carbocycles. The topological polar surface area (TPSA) is 75.0 Å². The maximum atomic E-state index is 12.8. The van der Waals surface area contributed by atoms with Gasteiger partial charge in [-0.05, 0) is 64.2 Å². The van der Waals surface area contributed by atoms with Gasteiger partial charge in [0.15, 0.2) is 0 Å². The molecule has 1 amide bonds. The van der Waals surface area contributed by atoms with Gasteiger partial charge in [0.25, 0.3) is 5.91 Å². The van der Waals surface area contributed by atoms with Crippen LogP contribution in [0, 0.1) is 0 Å². The van der Waals surface area contributed by atoms with Gasteiger partial charge in [-0.3, -0.25) is 4.79 Å². The first-order valence-electron chi connectivity index (χ1n) is 10.0. The van der Waals surface area contributed by atoms with Crippen LogP contribution in [-0.2, 0) is 10.0 Å². The van der Waals surface area contributed by atoms with Crippen molar-refractivity contribution >= 4 is 21.4 Å². The average molecular weight is 407 g/mol. The van der Waals surface area contributed by atoms with E-state index in [1.807, 2.05) is 32.2 Å². The quantitative estimate of drug-likeness (QED) is 0.739. The summed E-state index contributed by atoms with van der Waals surface area (Å²) in [7, 11) is -3.20. The molecule has 1 fully saturated rings. The Balaban J connectivity index is 1.82. The fourth-order valence-electron chi connectivity index (χ4n) is 3.84. The van der Waals surface area contributed by atoms with E-state index in [9.17, 15) is 13.2 Å². The van der Waals surface area contributed by atoms with Gasteiger partial charge < -0.3 is 4.90 Å². The summed E-state index contributed by atoms with van der Waals surface area (Å²) in [6.45, 7) is 9.80. The predicted molar refractivity (Wildman–Crippen MR) is 110 cm³/mol. The van der Waals surface area contributed by atoms with Crippen LogP contribution in [0.2, 0.25) is 0 Å². The van der Waals surface area contributed by atoms with Crippen molar-refractivity contribution in [1.29, 1.82) is 0 Å². The second-order valence-electron chi connectivity index (χ2n) is 7.59. The lowest BCUT2D eigenvalue weighted by atomic mass is 9.90. The zero-order valence-corrected chi connectivity index (χ0v) is 17.9. The first-order chi connectivity index (χ1) is 13.3. The summed E-state index contributed by atoms with van der Waals surface area (Å²) >= 11 is 0. The number of fused-ring (bicyclic) bond motifs is 1. The van der Waals surface area contributed by atoms with Gasteiger partial charge >= 0.3 is 0 Å². The number of carbonyl (C=O) groups is 1. The molecule has 0 bridgehead atoms. The Hall–Kier alpha value is -1.93. The number of hydrogen-bond donors (Lipinski definition) is 0. The third-order valence-electron chi connectivity index (χ3n) is 5.71. The molecule has 0 atom stereocenters. The van der Waals surface area contributed by atoms with E-state index in [-0.39, 0.29) is 17.1 Å². The van der Waals surface area contributed by atoms with Crippen molar-refractivity contribution in [2.24, 2.45) is 0 Å². The summed E-state index contributed by atoms with van der Waals surface area (Å²) < 4.78 is 28.1. The fourth-order valence-corrected chi connectivity index (χ4v) is 5.15. The van der Waals surface area contributed by atoms with Crippen molar-refractivity contribution in [3.05, 3.63) is 35.7 Å². The van der Waals surface area contributed by atoms with Gasteiger partial charge in [0, 0.05) is 32.4 Å². The first kappa shape index (κ1) is 20.8. The number of amides is 1. The summed E-state index contributed by atoms with van der Waals surface area (Å²) in [4.78, 5) is 14.6. The second-order valence-corrected chi connectivity index (χ2v) is 10.1. The molecule has 0 spiro atoms. The molecule has 3 rings (SSSR count). The molecule has 0 aromatic carbocycles. The average Bonchev–Trinajstić information content (AvgIpc) is 3.12. The van der Waals surface area contributed by atoms with E-state index in [4.69, 9.17) is 0 Å². The van der Waals surface area contributed by atoms with Crippen molar-refractivity contribution in [2.45, 2.75) is 51.7 Å². The summed E-state index contributed by atoms with van der Waals surface area (Å²) in [5.41, 5.74) is 2.57. The smallest absolute Gasteiger partial charge is 0.257 e. The normalized spacial score (nSPS) is 16.8. The number of aromatic nitrogens is 2. The minimum absolute atomic E-state index is 0.00463. The molecule has 3 heterocycles. The summed E-state index contributed by atoms with van der Waals surface area (Å²) in [5, 5.41) is 3.93. The van der Waals surface area contributed by atoms with Crippen molar-refractivity contribution in [2.75, 3.05) is 26.2 Å². The third kappa shape index (κ3) is 3.80. The molecule has 0 radical (unpaired) electrons. The van der Waals surface area contributed by atoms with E-state index in [1.54, 1.807) is 33.8 Å². The molecule has 0 N–H and O–H groups in total. The van der Waals surface area contributed by atoms with Crippen molar-refractivity contribution in [3.8, 4) is 0 Å². The number of carbonyl (C=O) groups excluding carboxylic acids is 1. The Kier molecular flexibility index (Phi) is 6.09. The van der Waals surface area contributed by atoms with Crippen molar-refractivity contribution < 1.29 is 13.2 Å². The highest BCUT2D eigenvalue weighted by Crippen LogP contribution is 2.31. The summed E-state index contributed by atoms with van der Waals surface area (Å²) in [6.07, 6.45) is 5.10. The van der Waals surface area contributed by atoms with Crippen LogP contribution in [0.1, 0.15) is 62.4 Å². The predicted octanol–water partition coefficient (Wildman–Crippen LogP) is 2.73. The molecule has 0 aliphatic carbocycles. The number of hydrogen-bond acceptors (Lipinski definition) is 4. The van der Waals surface area contributed by atoms with Crippen LogP contribution in [0.5, 0.6) is 0 Å². The molecule has 154 valence electrons. The number of piperidine rings is 1. The minimum atomic E-state index is -3.20. The lowest BCUT2D eigenvalue weighted by Gasteiger charge is -2.32. The van der Waals surface area contributed by atoms with E-state index in [2.05, 4.69) is 5.10 Å². The van der Waals surface area contributed by atoms with Gasteiger partial charge in [-0.15, -0.1) is 0 Å². The number of rotatable bonds is 6. The molecule has 8 heteroatoms. The van der Waals surface area contributed by atoms with Gasteiger partial charge in [0.2, 0.25) is 10.0 Å². The maximum Gasteiger partial charge on any atom is 0.257 e. The lowest BCUT2D eigenvalue weighted by molar-refractivity contribution is 0.0775. The Morgan fingerprint density at radius 2 is 1.89 bits per heavy atom. The van der Waals surface area contributed by atoms with E-state index in [0.29, 0.717) is 31.7 Å². The van der Waals surface area contributed by atoms with Gasteiger partial charge in [-0.2, -0.15) is 5.10 Å². The summed E-state index contributed by atoms with van der Waals surface area (Å²) in [5.74, 6) is 0.282. The van der Waals surface area contributed by atoms with E-state index >= 15 is 0 Å². The van der Waals surface area contributed by atoms with Gasteiger partial charge in [0.05, 0.1) is 22.5 Å². The lowest BCUT2D eigenvalue weighted by Crippen LogP contribution is -2.41. The zero-order chi connectivity index (χ0) is 20.5. The van der Waals surface area contributed by atoms with Gasteiger partial charge in [-0.1, -0.05) is 0 Å². The number of sulfonamides is 1. The molecule has 2 aromatic rings. The molecule has 0 unspecified atom stereocenters.